The van der Waals surface area contributed by atoms with E-state index in [9.17, 15) is 14.4 Å². The number of hydrogen-bond acceptors (Lipinski definition) is 4. The normalized spacial score (nSPS) is 14.2. The number of ether oxygens (including phenoxy) is 1. The first-order valence-electron chi connectivity index (χ1n) is 9.72. The molecule has 0 unspecified atom stereocenters. The molecule has 2 amide bonds. The van der Waals surface area contributed by atoms with Gasteiger partial charge >= 0.3 is 5.97 Å². The van der Waals surface area contributed by atoms with Crippen molar-refractivity contribution in [1.29, 1.82) is 0 Å². The van der Waals surface area contributed by atoms with Gasteiger partial charge in [-0.25, -0.2) is 4.79 Å². The van der Waals surface area contributed by atoms with E-state index in [0.29, 0.717) is 30.6 Å². The first-order chi connectivity index (χ1) is 13.9. The van der Waals surface area contributed by atoms with Crippen LogP contribution < -0.4 is 5.32 Å². The minimum Gasteiger partial charge on any atom is -0.465 e. The molecule has 1 N–H and O–H groups in total. The van der Waals surface area contributed by atoms with Crippen LogP contribution in [0.1, 0.15) is 42.6 Å². The van der Waals surface area contributed by atoms with Crippen molar-refractivity contribution in [3.8, 4) is 0 Å². The molecule has 1 saturated carbocycles. The summed E-state index contributed by atoms with van der Waals surface area (Å²) in [7, 11) is 1.32. The zero-order valence-corrected chi connectivity index (χ0v) is 17.0. The van der Waals surface area contributed by atoms with Crippen LogP contribution in [0.15, 0.2) is 54.6 Å². The van der Waals surface area contributed by atoms with Crippen LogP contribution in [0.4, 0.5) is 5.69 Å². The van der Waals surface area contributed by atoms with Gasteiger partial charge in [0.2, 0.25) is 11.8 Å². The van der Waals surface area contributed by atoms with E-state index in [4.69, 9.17) is 0 Å². The van der Waals surface area contributed by atoms with Crippen molar-refractivity contribution in [3.05, 3.63) is 65.7 Å². The van der Waals surface area contributed by atoms with Crippen molar-refractivity contribution < 1.29 is 19.1 Å². The fourth-order valence-corrected chi connectivity index (χ4v) is 3.27. The third-order valence-electron chi connectivity index (χ3n) is 5.24. The second kappa shape index (κ2) is 8.47. The number of hydrogen-bond donors (Lipinski definition) is 1. The molecule has 1 fully saturated rings. The lowest BCUT2D eigenvalue weighted by Gasteiger charge is -2.30. The van der Waals surface area contributed by atoms with E-state index in [1.807, 2.05) is 44.2 Å². The number of nitrogens with zero attached hydrogens (tertiary/aromatic N) is 1. The van der Waals surface area contributed by atoms with Gasteiger partial charge in [0.1, 0.15) is 5.41 Å². The van der Waals surface area contributed by atoms with Crippen LogP contribution in [0.2, 0.25) is 0 Å². The summed E-state index contributed by atoms with van der Waals surface area (Å²) in [5, 5.41) is 2.83. The second-order valence-corrected chi connectivity index (χ2v) is 7.62. The molecule has 0 aliphatic heterocycles. The highest BCUT2D eigenvalue weighted by molar-refractivity contribution is 6.13. The molecule has 2 aromatic carbocycles. The summed E-state index contributed by atoms with van der Waals surface area (Å²) in [5.41, 5.74) is 0.960. The zero-order valence-electron chi connectivity index (χ0n) is 17.0. The summed E-state index contributed by atoms with van der Waals surface area (Å²) in [6.45, 7) is 4.39. The number of esters is 1. The molecule has 1 aliphatic rings. The molecule has 0 radical (unpaired) electrons. The maximum absolute atomic E-state index is 13.3. The fourth-order valence-electron chi connectivity index (χ4n) is 3.27. The Kier molecular flexibility index (Phi) is 6.01. The second-order valence-electron chi connectivity index (χ2n) is 7.62. The Morgan fingerprint density at radius 2 is 1.66 bits per heavy atom. The number of carbonyl (C=O) groups is 3. The highest BCUT2D eigenvalue weighted by atomic mass is 16.5. The molecule has 0 heterocycles. The van der Waals surface area contributed by atoms with Gasteiger partial charge in [0.05, 0.1) is 12.7 Å². The number of methoxy groups -OCH3 is 1. The highest BCUT2D eigenvalue weighted by Crippen LogP contribution is 2.48. The minimum atomic E-state index is -1.01. The number of amides is 2. The number of anilines is 1. The van der Waals surface area contributed by atoms with E-state index in [0.717, 1.165) is 5.56 Å². The van der Waals surface area contributed by atoms with Gasteiger partial charge in [-0.1, -0.05) is 30.3 Å². The van der Waals surface area contributed by atoms with Gasteiger partial charge in [-0.05, 0) is 56.5 Å². The lowest BCUT2D eigenvalue weighted by Crippen LogP contribution is -2.45. The topological polar surface area (TPSA) is 75.7 Å². The molecular formula is C23H26N2O4. The summed E-state index contributed by atoms with van der Waals surface area (Å²) in [4.78, 5) is 39.5. The Hall–Kier alpha value is -3.15. The van der Waals surface area contributed by atoms with Crippen LogP contribution in [-0.2, 0) is 20.9 Å². The van der Waals surface area contributed by atoms with Crippen molar-refractivity contribution in [2.45, 2.75) is 39.3 Å². The summed E-state index contributed by atoms with van der Waals surface area (Å²) >= 11 is 0. The molecule has 1 aliphatic carbocycles. The SMILES string of the molecule is COC(=O)c1ccc(NC(=O)C2(C(=O)N(Cc3ccccc3)C(C)C)CC2)cc1. The molecule has 0 saturated heterocycles. The molecule has 3 rings (SSSR count). The predicted octanol–water partition coefficient (Wildman–Crippen LogP) is 3.63. The third kappa shape index (κ3) is 4.47. The van der Waals surface area contributed by atoms with Crippen LogP contribution in [0.5, 0.6) is 0 Å². The Morgan fingerprint density at radius 3 is 2.17 bits per heavy atom. The average Bonchev–Trinajstić information content (AvgIpc) is 3.54. The third-order valence-corrected chi connectivity index (χ3v) is 5.24. The van der Waals surface area contributed by atoms with Crippen molar-refractivity contribution in [2.75, 3.05) is 12.4 Å². The minimum absolute atomic E-state index is 0.0210. The monoisotopic (exact) mass is 394 g/mol. The summed E-state index contributed by atoms with van der Waals surface area (Å²) in [6.07, 6.45) is 1.08. The maximum Gasteiger partial charge on any atom is 0.337 e. The molecule has 0 atom stereocenters. The Labute approximate surface area is 170 Å². The number of benzene rings is 2. The molecule has 6 nitrogen and oxygen atoms in total. The molecule has 0 aromatic heterocycles. The largest absolute Gasteiger partial charge is 0.465 e. The summed E-state index contributed by atoms with van der Waals surface area (Å²) in [5.74, 6) is -0.878. The standard InChI is InChI=1S/C23H26N2O4/c1-16(2)25(15-17-7-5-4-6-8-17)22(28)23(13-14-23)21(27)24-19-11-9-18(10-12-19)20(26)29-3/h4-12,16H,13-15H2,1-3H3,(H,24,27). The summed E-state index contributed by atoms with van der Waals surface area (Å²) < 4.78 is 4.67. The lowest BCUT2D eigenvalue weighted by molar-refractivity contribution is -0.144. The first-order valence-corrected chi connectivity index (χ1v) is 9.72. The van der Waals surface area contributed by atoms with Gasteiger partial charge in [-0.15, -0.1) is 0 Å². The van der Waals surface area contributed by atoms with E-state index in [1.165, 1.54) is 7.11 Å². The van der Waals surface area contributed by atoms with E-state index < -0.39 is 11.4 Å². The number of rotatable bonds is 7. The molecule has 0 bridgehead atoms. The number of carbonyl (C=O) groups excluding carboxylic acids is 3. The molecule has 6 heteroatoms. The van der Waals surface area contributed by atoms with Crippen LogP contribution in [0.25, 0.3) is 0 Å². The predicted molar refractivity (Wildman–Crippen MR) is 110 cm³/mol. The summed E-state index contributed by atoms with van der Waals surface area (Å²) in [6, 6.07) is 16.2. The molecule has 152 valence electrons. The molecule has 0 spiro atoms. The quantitative estimate of drug-likeness (QED) is 0.575. The molecule has 29 heavy (non-hydrogen) atoms. The molecular weight excluding hydrogens is 368 g/mol. The van der Waals surface area contributed by atoms with Crippen LogP contribution in [0.3, 0.4) is 0 Å². The van der Waals surface area contributed by atoms with Crippen molar-refractivity contribution >= 4 is 23.5 Å². The van der Waals surface area contributed by atoms with Crippen molar-refractivity contribution in [1.82, 2.24) is 4.90 Å². The van der Waals surface area contributed by atoms with Gasteiger partial charge in [-0.2, -0.15) is 0 Å². The Morgan fingerprint density at radius 1 is 1.03 bits per heavy atom. The average molecular weight is 394 g/mol. The van der Waals surface area contributed by atoms with Crippen LogP contribution in [-0.4, -0.2) is 35.8 Å². The van der Waals surface area contributed by atoms with Gasteiger partial charge in [0.25, 0.3) is 0 Å². The van der Waals surface area contributed by atoms with Crippen molar-refractivity contribution in [2.24, 2.45) is 5.41 Å². The van der Waals surface area contributed by atoms with Crippen molar-refractivity contribution in [3.63, 3.8) is 0 Å². The Bertz CT molecular complexity index is 887. The maximum atomic E-state index is 13.3. The molecule has 2 aromatic rings. The van der Waals surface area contributed by atoms with Crippen LogP contribution >= 0.6 is 0 Å². The van der Waals surface area contributed by atoms with Crippen LogP contribution in [0, 0.1) is 5.41 Å². The lowest BCUT2D eigenvalue weighted by atomic mass is 10.0. The highest BCUT2D eigenvalue weighted by Gasteiger charge is 2.58. The van der Waals surface area contributed by atoms with Gasteiger partial charge < -0.3 is 15.0 Å². The van der Waals surface area contributed by atoms with E-state index >= 15 is 0 Å². The number of nitrogens with one attached hydrogen (secondary N) is 1. The van der Waals surface area contributed by atoms with Gasteiger partial charge in [0.15, 0.2) is 0 Å². The fraction of sp³-hybridized carbons (Fsp3) is 0.348. The van der Waals surface area contributed by atoms with E-state index in [1.54, 1.807) is 29.2 Å². The van der Waals surface area contributed by atoms with Gasteiger partial charge in [0, 0.05) is 18.3 Å². The van der Waals surface area contributed by atoms with E-state index in [2.05, 4.69) is 10.1 Å². The zero-order chi connectivity index (χ0) is 21.0. The van der Waals surface area contributed by atoms with Gasteiger partial charge in [-0.3, -0.25) is 9.59 Å². The smallest absolute Gasteiger partial charge is 0.337 e. The van der Waals surface area contributed by atoms with E-state index in [-0.39, 0.29) is 17.9 Å². The first kappa shape index (κ1) is 20.6. The Balaban J connectivity index is 1.72.